The van der Waals surface area contributed by atoms with Crippen LogP contribution in [0.3, 0.4) is 0 Å². The number of piperidine rings is 1. The van der Waals surface area contributed by atoms with Gasteiger partial charge in [-0.15, -0.1) is 0 Å². The number of carbonyl (C=O) groups is 2. The molecular weight excluding hydrogens is 269 g/mol. The predicted octanol–water partition coefficient (Wildman–Crippen LogP) is 0.680. The number of carbonyl (C=O) groups excluding carboxylic acids is 1. The van der Waals surface area contributed by atoms with Crippen LogP contribution in [0.15, 0.2) is 0 Å². The highest BCUT2D eigenvalue weighted by Crippen LogP contribution is 2.20. The van der Waals surface area contributed by atoms with Crippen molar-refractivity contribution in [1.29, 1.82) is 0 Å². The Balaban J connectivity index is 2.65. The van der Waals surface area contributed by atoms with Crippen molar-refractivity contribution in [3.63, 3.8) is 0 Å². The number of ether oxygens (including phenoxy) is 1. The van der Waals surface area contributed by atoms with Gasteiger partial charge < -0.3 is 20.1 Å². The Hall–Kier alpha value is -1.51. The summed E-state index contributed by atoms with van der Waals surface area (Å²) in [4.78, 5) is 23.4. The zero-order valence-electron chi connectivity index (χ0n) is 10.2. The number of carboxylic acid groups (broad SMARTS) is 1. The Labute approximate surface area is 107 Å². The van der Waals surface area contributed by atoms with Crippen LogP contribution >= 0.6 is 0 Å². The van der Waals surface area contributed by atoms with Crippen molar-refractivity contribution in [1.82, 2.24) is 10.2 Å². The number of methoxy groups -OCH3 is 1. The third kappa shape index (κ3) is 4.93. The molecule has 0 aromatic heterocycles. The van der Waals surface area contributed by atoms with E-state index < -0.39 is 36.7 Å². The first kappa shape index (κ1) is 15.5. The standard InChI is InChI=1S/C10H15F3N2O4/c1-19-9(18)15-3-6(8(16)17)2-7(4-15)14-5-10(11,12)13/h6-7,14H,2-5H2,1H3,(H,16,17). The molecule has 0 bridgehead atoms. The summed E-state index contributed by atoms with van der Waals surface area (Å²) in [6.07, 6.45) is -5.09. The lowest BCUT2D eigenvalue weighted by molar-refractivity contribution is -0.144. The molecular formula is C10H15F3N2O4. The number of rotatable bonds is 3. The van der Waals surface area contributed by atoms with Crippen molar-refractivity contribution >= 4 is 12.1 Å². The van der Waals surface area contributed by atoms with Crippen LogP contribution in [0.5, 0.6) is 0 Å². The second-order valence-corrected chi connectivity index (χ2v) is 4.34. The Morgan fingerprint density at radius 1 is 1.42 bits per heavy atom. The Bertz CT molecular complexity index is 348. The largest absolute Gasteiger partial charge is 0.481 e. The first-order chi connectivity index (χ1) is 8.73. The van der Waals surface area contributed by atoms with Crippen molar-refractivity contribution < 1.29 is 32.6 Å². The predicted molar refractivity (Wildman–Crippen MR) is 57.6 cm³/mol. The zero-order chi connectivity index (χ0) is 14.6. The molecule has 0 saturated carbocycles. The minimum absolute atomic E-state index is 0.00741. The molecule has 1 fully saturated rings. The Morgan fingerprint density at radius 2 is 2.05 bits per heavy atom. The number of amides is 1. The van der Waals surface area contributed by atoms with Crippen molar-refractivity contribution in [3.8, 4) is 0 Å². The van der Waals surface area contributed by atoms with Crippen molar-refractivity contribution in [2.45, 2.75) is 18.6 Å². The highest BCUT2D eigenvalue weighted by molar-refractivity contribution is 5.73. The zero-order valence-corrected chi connectivity index (χ0v) is 10.2. The van der Waals surface area contributed by atoms with E-state index in [1.54, 1.807) is 0 Å². The molecule has 19 heavy (non-hydrogen) atoms. The van der Waals surface area contributed by atoms with Gasteiger partial charge in [-0.3, -0.25) is 4.79 Å². The summed E-state index contributed by atoms with van der Waals surface area (Å²) in [6, 6.07) is -0.726. The van der Waals surface area contributed by atoms with Crippen LogP contribution in [0.1, 0.15) is 6.42 Å². The molecule has 2 atom stereocenters. The van der Waals surface area contributed by atoms with Gasteiger partial charge in [0.05, 0.1) is 19.6 Å². The number of nitrogens with zero attached hydrogens (tertiary/aromatic N) is 1. The van der Waals surface area contributed by atoms with E-state index in [4.69, 9.17) is 5.11 Å². The number of aliphatic carboxylic acids is 1. The van der Waals surface area contributed by atoms with Gasteiger partial charge in [0, 0.05) is 19.1 Å². The number of hydrogen-bond acceptors (Lipinski definition) is 4. The molecule has 6 nitrogen and oxygen atoms in total. The summed E-state index contributed by atoms with van der Waals surface area (Å²) in [6.45, 7) is -1.29. The number of alkyl halides is 3. The molecule has 1 amide bonds. The maximum Gasteiger partial charge on any atom is 0.409 e. The maximum atomic E-state index is 12.1. The lowest BCUT2D eigenvalue weighted by Gasteiger charge is -2.35. The molecule has 1 aliphatic rings. The molecule has 0 radical (unpaired) electrons. The maximum absolute atomic E-state index is 12.1. The number of likely N-dealkylation sites (tertiary alicyclic amines) is 1. The van der Waals surface area contributed by atoms with Gasteiger partial charge in [0.25, 0.3) is 0 Å². The number of carboxylic acids is 1. The molecule has 1 aliphatic heterocycles. The second-order valence-electron chi connectivity index (χ2n) is 4.34. The molecule has 1 heterocycles. The minimum Gasteiger partial charge on any atom is -0.481 e. The normalized spacial score (nSPS) is 24.1. The van der Waals surface area contributed by atoms with Gasteiger partial charge >= 0.3 is 18.2 Å². The summed E-state index contributed by atoms with van der Waals surface area (Å²) in [5.74, 6) is -2.05. The molecule has 0 spiro atoms. The fraction of sp³-hybridized carbons (Fsp3) is 0.800. The number of hydrogen-bond donors (Lipinski definition) is 2. The van der Waals surface area contributed by atoms with Crippen LogP contribution < -0.4 is 5.32 Å². The van der Waals surface area contributed by atoms with Crippen LogP contribution in [-0.4, -0.2) is 61.0 Å². The SMILES string of the molecule is COC(=O)N1CC(NCC(F)(F)F)CC(C(=O)O)C1. The molecule has 0 aromatic rings. The average molecular weight is 284 g/mol. The quantitative estimate of drug-likeness (QED) is 0.796. The van der Waals surface area contributed by atoms with Gasteiger partial charge in [-0.1, -0.05) is 0 Å². The number of nitrogens with one attached hydrogen (secondary N) is 1. The topological polar surface area (TPSA) is 78.9 Å². The van der Waals surface area contributed by atoms with Gasteiger partial charge in [-0.05, 0) is 6.42 Å². The van der Waals surface area contributed by atoms with E-state index in [-0.39, 0.29) is 19.5 Å². The third-order valence-electron chi connectivity index (χ3n) is 2.82. The van der Waals surface area contributed by atoms with E-state index in [0.717, 1.165) is 12.0 Å². The summed E-state index contributed by atoms with van der Waals surface area (Å²) in [5, 5.41) is 11.1. The first-order valence-corrected chi connectivity index (χ1v) is 5.58. The van der Waals surface area contributed by atoms with E-state index in [1.807, 2.05) is 0 Å². The van der Waals surface area contributed by atoms with Gasteiger partial charge in [-0.25, -0.2) is 4.79 Å². The molecule has 9 heteroatoms. The molecule has 2 unspecified atom stereocenters. The Kier molecular flexibility index (Phi) is 4.98. The molecule has 1 saturated heterocycles. The minimum atomic E-state index is -4.38. The van der Waals surface area contributed by atoms with Gasteiger partial charge in [-0.2, -0.15) is 13.2 Å². The lowest BCUT2D eigenvalue weighted by Crippen LogP contribution is -2.54. The lowest BCUT2D eigenvalue weighted by atomic mass is 9.94. The average Bonchev–Trinajstić information content (AvgIpc) is 2.34. The molecule has 0 aliphatic carbocycles. The molecule has 1 rings (SSSR count). The van der Waals surface area contributed by atoms with E-state index in [9.17, 15) is 22.8 Å². The van der Waals surface area contributed by atoms with E-state index in [0.29, 0.717) is 0 Å². The highest BCUT2D eigenvalue weighted by atomic mass is 19.4. The molecule has 2 N–H and O–H groups in total. The second kappa shape index (κ2) is 6.09. The molecule has 110 valence electrons. The van der Waals surface area contributed by atoms with Crippen molar-refractivity contribution in [2.75, 3.05) is 26.7 Å². The van der Waals surface area contributed by atoms with E-state index in [2.05, 4.69) is 10.1 Å². The Morgan fingerprint density at radius 3 is 2.53 bits per heavy atom. The van der Waals surface area contributed by atoms with Gasteiger partial charge in [0.1, 0.15) is 0 Å². The van der Waals surface area contributed by atoms with E-state index >= 15 is 0 Å². The summed E-state index contributed by atoms with van der Waals surface area (Å²) in [7, 11) is 1.13. The smallest absolute Gasteiger partial charge is 0.409 e. The van der Waals surface area contributed by atoms with Crippen LogP contribution in [0.25, 0.3) is 0 Å². The number of halogens is 3. The fourth-order valence-electron chi connectivity index (χ4n) is 1.96. The van der Waals surface area contributed by atoms with Crippen LogP contribution in [0, 0.1) is 5.92 Å². The van der Waals surface area contributed by atoms with Crippen molar-refractivity contribution in [2.24, 2.45) is 5.92 Å². The summed E-state index contributed by atoms with van der Waals surface area (Å²) >= 11 is 0. The summed E-state index contributed by atoms with van der Waals surface area (Å²) in [5.41, 5.74) is 0. The van der Waals surface area contributed by atoms with E-state index in [1.165, 1.54) is 0 Å². The first-order valence-electron chi connectivity index (χ1n) is 5.58. The third-order valence-corrected chi connectivity index (χ3v) is 2.82. The highest BCUT2D eigenvalue weighted by Gasteiger charge is 2.36. The van der Waals surface area contributed by atoms with Crippen LogP contribution in [-0.2, 0) is 9.53 Å². The fourth-order valence-corrected chi connectivity index (χ4v) is 1.96. The van der Waals surface area contributed by atoms with Crippen molar-refractivity contribution in [3.05, 3.63) is 0 Å². The van der Waals surface area contributed by atoms with Gasteiger partial charge in [0.2, 0.25) is 0 Å². The summed E-state index contributed by atoms with van der Waals surface area (Å²) < 4.78 is 40.8. The van der Waals surface area contributed by atoms with Crippen LogP contribution in [0.4, 0.5) is 18.0 Å². The van der Waals surface area contributed by atoms with Gasteiger partial charge in [0.15, 0.2) is 0 Å². The molecule has 0 aromatic carbocycles. The monoisotopic (exact) mass is 284 g/mol. The van der Waals surface area contributed by atoms with Crippen LogP contribution in [0.2, 0.25) is 0 Å².